The molecule has 0 aromatic heterocycles. The number of nitrogens with one attached hydrogen (secondary N) is 1. The molecule has 0 fully saturated rings. The number of carbonyl (C=O) groups is 2. The van der Waals surface area contributed by atoms with Gasteiger partial charge in [-0.15, -0.1) is 0 Å². The summed E-state index contributed by atoms with van der Waals surface area (Å²) < 4.78 is 0. The monoisotopic (exact) mass is 385 g/mol. The summed E-state index contributed by atoms with van der Waals surface area (Å²) in [5, 5.41) is 15.9. The average Bonchev–Trinajstić information content (AvgIpc) is 2.90. The number of anilines is 1. The van der Waals surface area contributed by atoms with Crippen molar-refractivity contribution >= 4 is 51.4 Å². The van der Waals surface area contributed by atoms with Gasteiger partial charge in [-0.05, 0) is 29.0 Å². The molecule has 1 aliphatic heterocycles. The van der Waals surface area contributed by atoms with Gasteiger partial charge in [0, 0.05) is 16.1 Å². The first-order chi connectivity index (χ1) is 12.4. The van der Waals surface area contributed by atoms with Crippen molar-refractivity contribution in [3.8, 4) is 0 Å². The highest BCUT2D eigenvalue weighted by Crippen LogP contribution is 2.46. The molecule has 6 heteroatoms. The number of aliphatic hydroxyl groups is 1. The number of Topliss-reactive ketones (excluding diaryl/α,β-unsaturated/α-hetero) is 1. The standard InChI is InChI=1S/C20H13Cl2NO3/c21-14-7-8-15(22)18-17(14)20(26,19(25)23-18)10-16(24)13-6-5-11-3-1-2-4-12(11)9-13/h1-9,26H,10H2,(H,23,25)/t20-/m1/s1. The third kappa shape index (κ3) is 2.58. The van der Waals surface area contributed by atoms with Crippen LogP contribution in [0.15, 0.2) is 54.6 Å². The highest BCUT2D eigenvalue weighted by atomic mass is 35.5. The molecule has 1 atom stereocenters. The lowest BCUT2D eigenvalue weighted by molar-refractivity contribution is -0.133. The van der Waals surface area contributed by atoms with Gasteiger partial charge in [-0.2, -0.15) is 0 Å². The molecule has 130 valence electrons. The first-order valence-electron chi connectivity index (χ1n) is 7.94. The van der Waals surface area contributed by atoms with E-state index in [0.29, 0.717) is 5.56 Å². The molecule has 1 amide bonds. The summed E-state index contributed by atoms with van der Waals surface area (Å²) in [6.45, 7) is 0. The Morgan fingerprint density at radius 1 is 1.00 bits per heavy atom. The van der Waals surface area contributed by atoms with Gasteiger partial charge in [-0.25, -0.2) is 0 Å². The lowest BCUT2D eigenvalue weighted by atomic mass is 9.87. The Balaban J connectivity index is 1.73. The molecular formula is C20H13Cl2NO3. The molecule has 0 spiro atoms. The molecule has 0 bridgehead atoms. The van der Waals surface area contributed by atoms with Crippen LogP contribution < -0.4 is 5.32 Å². The minimum Gasteiger partial charge on any atom is -0.375 e. The van der Waals surface area contributed by atoms with Crippen molar-refractivity contribution in [2.24, 2.45) is 0 Å². The molecule has 0 radical (unpaired) electrons. The molecule has 0 saturated carbocycles. The van der Waals surface area contributed by atoms with Crippen molar-refractivity contribution in [1.82, 2.24) is 0 Å². The summed E-state index contributed by atoms with van der Waals surface area (Å²) in [6, 6.07) is 15.9. The Morgan fingerprint density at radius 2 is 1.69 bits per heavy atom. The van der Waals surface area contributed by atoms with E-state index < -0.39 is 17.9 Å². The third-order valence-corrected chi connectivity index (χ3v) is 5.25. The van der Waals surface area contributed by atoms with Crippen LogP contribution in [0.4, 0.5) is 5.69 Å². The highest BCUT2D eigenvalue weighted by Gasteiger charge is 2.49. The van der Waals surface area contributed by atoms with Crippen LogP contribution in [0.1, 0.15) is 22.3 Å². The zero-order chi connectivity index (χ0) is 18.5. The van der Waals surface area contributed by atoms with Crippen LogP contribution in [0.2, 0.25) is 10.0 Å². The van der Waals surface area contributed by atoms with E-state index in [9.17, 15) is 14.7 Å². The first kappa shape index (κ1) is 17.0. The van der Waals surface area contributed by atoms with Gasteiger partial charge in [0.2, 0.25) is 0 Å². The van der Waals surface area contributed by atoms with Crippen molar-refractivity contribution in [3.05, 3.63) is 75.8 Å². The van der Waals surface area contributed by atoms with E-state index in [1.165, 1.54) is 12.1 Å². The summed E-state index contributed by atoms with van der Waals surface area (Å²) in [5.74, 6) is -1.08. The van der Waals surface area contributed by atoms with Crippen molar-refractivity contribution in [1.29, 1.82) is 0 Å². The van der Waals surface area contributed by atoms with Crippen molar-refractivity contribution in [3.63, 3.8) is 0 Å². The number of rotatable bonds is 3. The molecule has 3 aromatic carbocycles. The number of hydrogen-bond acceptors (Lipinski definition) is 3. The zero-order valence-electron chi connectivity index (χ0n) is 13.4. The minimum absolute atomic E-state index is 0.144. The first-order valence-corrected chi connectivity index (χ1v) is 8.70. The summed E-state index contributed by atoms with van der Waals surface area (Å²) in [5.41, 5.74) is -1.25. The van der Waals surface area contributed by atoms with Gasteiger partial charge >= 0.3 is 0 Å². The number of carbonyl (C=O) groups excluding carboxylic acids is 2. The topological polar surface area (TPSA) is 66.4 Å². The third-order valence-electron chi connectivity index (χ3n) is 4.62. The molecule has 4 rings (SSSR count). The fourth-order valence-corrected chi connectivity index (χ4v) is 3.79. The van der Waals surface area contributed by atoms with E-state index in [2.05, 4.69) is 5.32 Å². The number of amides is 1. The Kier molecular flexibility index (Phi) is 3.99. The molecule has 26 heavy (non-hydrogen) atoms. The van der Waals surface area contributed by atoms with Gasteiger partial charge in [-0.1, -0.05) is 59.6 Å². The highest BCUT2D eigenvalue weighted by molar-refractivity contribution is 6.38. The second kappa shape index (κ2) is 6.09. The summed E-state index contributed by atoms with van der Waals surface area (Å²) >= 11 is 12.3. The van der Waals surface area contributed by atoms with E-state index in [0.717, 1.165) is 10.8 Å². The van der Waals surface area contributed by atoms with Crippen LogP contribution in [0.5, 0.6) is 0 Å². The van der Waals surface area contributed by atoms with Crippen LogP contribution in [0.25, 0.3) is 10.8 Å². The molecule has 0 unspecified atom stereocenters. The number of ketones is 1. The maximum atomic E-state index is 12.8. The largest absolute Gasteiger partial charge is 0.375 e. The summed E-state index contributed by atoms with van der Waals surface area (Å²) in [6.07, 6.45) is -0.426. The lowest BCUT2D eigenvalue weighted by Crippen LogP contribution is -2.36. The van der Waals surface area contributed by atoms with Gasteiger partial charge in [-0.3, -0.25) is 9.59 Å². The van der Waals surface area contributed by atoms with E-state index >= 15 is 0 Å². The Bertz CT molecular complexity index is 1080. The van der Waals surface area contributed by atoms with Crippen LogP contribution in [0.3, 0.4) is 0 Å². The SMILES string of the molecule is O=C(C[C@]1(O)C(=O)Nc2c(Cl)ccc(Cl)c21)c1ccc2ccccc2c1. The molecule has 1 heterocycles. The number of hydrogen-bond donors (Lipinski definition) is 2. The predicted octanol–water partition coefficient (Wildman–Crippen LogP) is 4.56. The second-order valence-electron chi connectivity index (χ2n) is 6.26. The molecule has 1 aliphatic rings. The summed E-state index contributed by atoms with van der Waals surface area (Å²) in [7, 11) is 0. The van der Waals surface area contributed by atoms with Gasteiger partial charge in [0.15, 0.2) is 11.4 Å². The number of halogens is 2. The lowest BCUT2D eigenvalue weighted by Gasteiger charge is -2.21. The second-order valence-corrected chi connectivity index (χ2v) is 7.07. The molecule has 3 aromatic rings. The number of fused-ring (bicyclic) bond motifs is 2. The van der Waals surface area contributed by atoms with Gasteiger partial charge in [0.1, 0.15) is 0 Å². The average molecular weight is 386 g/mol. The molecule has 2 N–H and O–H groups in total. The van der Waals surface area contributed by atoms with E-state index in [-0.39, 0.29) is 27.1 Å². The van der Waals surface area contributed by atoms with E-state index in [1.807, 2.05) is 30.3 Å². The molecule has 0 saturated heterocycles. The fraction of sp³-hybridized carbons (Fsp3) is 0.100. The van der Waals surface area contributed by atoms with Crippen LogP contribution in [0, 0.1) is 0 Å². The fourth-order valence-electron chi connectivity index (χ4n) is 3.27. The smallest absolute Gasteiger partial charge is 0.261 e. The van der Waals surface area contributed by atoms with E-state index in [4.69, 9.17) is 23.2 Å². The normalized spacial score (nSPS) is 18.7. The summed E-state index contributed by atoms with van der Waals surface area (Å²) in [4.78, 5) is 25.2. The molecule has 0 aliphatic carbocycles. The maximum absolute atomic E-state index is 12.8. The van der Waals surface area contributed by atoms with Gasteiger partial charge in [0.25, 0.3) is 5.91 Å². The van der Waals surface area contributed by atoms with Gasteiger partial charge < -0.3 is 10.4 Å². The van der Waals surface area contributed by atoms with Gasteiger partial charge in [0.05, 0.1) is 17.1 Å². The Hall–Kier alpha value is -2.40. The van der Waals surface area contributed by atoms with Crippen LogP contribution in [-0.4, -0.2) is 16.8 Å². The molecule has 4 nitrogen and oxygen atoms in total. The van der Waals surface area contributed by atoms with Crippen molar-refractivity contribution < 1.29 is 14.7 Å². The zero-order valence-corrected chi connectivity index (χ0v) is 14.9. The molecular weight excluding hydrogens is 373 g/mol. The minimum atomic E-state index is -2.06. The van der Waals surface area contributed by atoms with Crippen LogP contribution >= 0.6 is 23.2 Å². The Labute approximate surface area is 159 Å². The van der Waals surface area contributed by atoms with Crippen molar-refractivity contribution in [2.75, 3.05) is 5.32 Å². The number of benzene rings is 3. The van der Waals surface area contributed by atoms with Crippen molar-refractivity contribution in [2.45, 2.75) is 12.0 Å². The Morgan fingerprint density at radius 3 is 2.46 bits per heavy atom. The predicted molar refractivity (Wildman–Crippen MR) is 102 cm³/mol. The quantitative estimate of drug-likeness (QED) is 0.649. The maximum Gasteiger partial charge on any atom is 0.261 e. The van der Waals surface area contributed by atoms with E-state index in [1.54, 1.807) is 12.1 Å². The van der Waals surface area contributed by atoms with Crippen LogP contribution in [-0.2, 0) is 10.4 Å².